The first-order chi connectivity index (χ1) is 13.8. The number of amides is 1. The number of hydrogen-bond acceptors (Lipinski definition) is 3. The van der Waals surface area contributed by atoms with Crippen molar-refractivity contribution in [2.75, 3.05) is 0 Å². The molecular weight excluding hydrogens is 391 g/mol. The lowest BCUT2D eigenvalue weighted by molar-refractivity contribution is 0.0950. The van der Waals surface area contributed by atoms with E-state index in [1.165, 1.54) is 24.3 Å². The molecule has 2 N–H and O–H groups in total. The summed E-state index contributed by atoms with van der Waals surface area (Å²) in [5.74, 6) is -0.808. The summed E-state index contributed by atoms with van der Waals surface area (Å²) in [6.07, 6.45) is 0. The van der Waals surface area contributed by atoms with E-state index < -0.39 is 15.9 Å². The molecule has 0 bridgehead atoms. The van der Waals surface area contributed by atoms with E-state index in [4.69, 9.17) is 0 Å². The molecule has 0 aromatic heterocycles. The van der Waals surface area contributed by atoms with Crippen LogP contribution in [0.3, 0.4) is 0 Å². The van der Waals surface area contributed by atoms with Gasteiger partial charge in [-0.15, -0.1) is 0 Å². The Balaban J connectivity index is 1.73. The van der Waals surface area contributed by atoms with Crippen molar-refractivity contribution in [1.29, 1.82) is 0 Å². The lowest BCUT2D eigenvalue weighted by atomic mass is 10.1. The molecule has 0 unspecified atom stereocenters. The second kappa shape index (κ2) is 8.98. The van der Waals surface area contributed by atoms with Crippen LogP contribution in [0.5, 0.6) is 0 Å². The summed E-state index contributed by atoms with van der Waals surface area (Å²) in [6.45, 7) is 2.02. The normalized spacial score (nSPS) is 11.2. The maximum atomic E-state index is 13.3. The van der Waals surface area contributed by atoms with Gasteiger partial charge in [0.25, 0.3) is 5.91 Å². The maximum Gasteiger partial charge on any atom is 0.251 e. The number of carbonyl (C=O) groups excluding carboxylic acids is 1. The molecule has 150 valence electrons. The highest BCUT2D eigenvalue weighted by atomic mass is 32.2. The summed E-state index contributed by atoms with van der Waals surface area (Å²) in [7, 11) is -3.78. The van der Waals surface area contributed by atoms with Crippen molar-refractivity contribution in [2.24, 2.45) is 0 Å². The first-order valence-electron chi connectivity index (χ1n) is 9.02. The van der Waals surface area contributed by atoms with Gasteiger partial charge in [-0.3, -0.25) is 4.79 Å². The van der Waals surface area contributed by atoms with Crippen molar-refractivity contribution in [3.63, 3.8) is 0 Å². The van der Waals surface area contributed by atoms with Crippen molar-refractivity contribution in [1.82, 2.24) is 10.0 Å². The molecule has 7 heteroatoms. The van der Waals surface area contributed by atoms with Crippen LogP contribution in [0.2, 0.25) is 0 Å². The van der Waals surface area contributed by atoms with E-state index in [1.54, 1.807) is 25.1 Å². The third-order valence-electron chi connectivity index (χ3n) is 4.42. The molecule has 0 saturated heterocycles. The van der Waals surface area contributed by atoms with E-state index in [0.717, 1.165) is 5.56 Å². The lowest BCUT2D eigenvalue weighted by Gasteiger charge is -2.11. The minimum absolute atomic E-state index is 0.00920. The Bertz CT molecular complexity index is 1120. The number of rotatable bonds is 7. The van der Waals surface area contributed by atoms with Crippen LogP contribution in [0.25, 0.3) is 0 Å². The third-order valence-corrected chi connectivity index (χ3v) is 5.81. The van der Waals surface area contributed by atoms with Crippen molar-refractivity contribution in [3.05, 3.63) is 101 Å². The topological polar surface area (TPSA) is 75.3 Å². The minimum Gasteiger partial charge on any atom is -0.348 e. The van der Waals surface area contributed by atoms with E-state index in [2.05, 4.69) is 10.0 Å². The Morgan fingerprint density at radius 3 is 2.34 bits per heavy atom. The molecule has 3 aromatic rings. The van der Waals surface area contributed by atoms with Gasteiger partial charge in [-0.1, -0.05) is 48.5 Å². The smallest absolute Gasteiger partial charge is 0.251 e. The van der Waals surface area contributed by atoms with Gasteiger partial charge < -0.3 is 5.32 Å². The number of sulfonamides is 1. The zero-order chi connectivity index (χ0) is 20.9. The standard InChI is InChI=1S/C22H21FN2O3S/c1-16-10-11-20(29(27,28)25-15-17-6-3-2-4-7-17)13-21(16)22(26)24-14-18-8-5-9-19(23)12-18/h2-13,25H,14-15H2,1H3,(H,24,26). The van der Waals surface area contributed by atoms with Crippen LogP contribution in [0.1, 0.15) is 27.0 Å². The van der Waals surface area contributed by atoms with Crippen LogP contribution in [0.15, 0.2) is 77.7 Å². The Morgan fingerprint density at radius 1 is 0.897 bits per heavy atom. The second-order valence-electron chi connectivity index (χ2n) is 6.60. The maximum absolute atomic E-state index is 13.3. The highest BCUT2D eigenvalue weighted by Gasteiger charge is 2.18. The van der Waals surface area contributed by atoms with Gasteiger partial charge in [-0.2, -0.15) is 0 Å². The number of carbonyl (C=O) groups is 1. The molecular formula is C22H21FN2O3S. The Kier molecular flexibility index (Phi) is 6.41. The van der Waals surface area contributed by atoms with E-state index >= 15 is 0 Å². The quantitative estimate of drug-likeness (QED) is 0.623. The van der Waals surface area contributed by atoms with Gasteiger partial charge in [0.15, 0.2) is 0 Å². The molecule has 0 heterocycles. The van der Waals surface area contributed by atoms with Gasteiger partial charge in [-0.25, -0.2) is 17.5 Å². The van der Waals surface area contributed by atoms with Crippen molar-refractivity contribution < 1.29 is 17.6 Å². The average molecular weight is 412 g/mol. The Labute approximate surface area is 169 Å². The second-order valence-corrected chi connectivity index (χ2v) is 8.37. The van der Waals surface area contributed by atoms with Gasteiger partial charge in [0.2, 0.25) is 10.0 Å². The summed E-state index contributed by atoms with van der Waals surface area (Å²) in [6, 6.07) is 19.5. The fraction of sp³-hybridized carbons (Fsp3) is 0.136. The highest BCUT2D eigenvalue weighted by Crippen LogP contribution is 2.16. The van der Waals surface area contributed by atoms with Crippen LogP contribution in [0.4, 0.5) is 4.39 Å². The number of hydrogen-bond donors (Lipinski definition) is 2. The summed E-state index contributed by atoms with van der Waals surface area (Å²) in [4.78, 5) is 12.6. The molecule has 0 aliphatic rings. The third kappa shape index (κ3) is 5.49. The monoisotopic (exact) mass is 412 g/mol. The Hall–Kier alpha value is -3.03. The van der Waals surface area contributed by atoms with Crippen molar-refractivity contribution >= 4 is 15.9 Å². The Morgan fingerprint density at radius 2 is 1.62 bits per heavy atom. The molecule has 1 amide bonds. The molecule has 5 nitrogen and oxygen atoms in total. The highest BCUT2D eigenvalue weighted by molar-refractivity contribution is 7.89. The predicted molar refractivity (Wildman–Crippen MR) is 109 cm³/mol. The average Bonchev–Trinajstić information content (AvgIpc) is 2.71. The van der Waals surface area contributed by atoms with Crippen molar-refractivity contribution in [2.45, 2.75) is 24.9 Å². The minimum atomic E-state index is -3.78. The van der Waals surface area contributed by atoms with E-state index in [1.807, 2.05) is 30.3 Å². The van der Waals surface area contributed by atoms with Crippen LogP contribution in [-0.2, 0) is 23.1 Å². The van der Waals surface area contributed by atoms with Crippen LogP contribution < -0.4 is 10.0 Å². The van der Waals surface area contributed by atoms with Gasteiger partial charge in [-0.05, 0) is 47.9 Å². The molecule has 0 radical (unpaired) electrons. The summed E-state index contributed by atoms with van der Waals surface area (Å²) >= 11 is 0. The molecule has 0 spiro atoms. The van der Waals surface area contributed by atoms with Gasteiger partial charge in [0.05, 0.1) is 4.90 Å². The fourth-order valence-electron chi connectivity index (χ4n) is 2.79. The van der Waals surface area contributed by atoms with E-state index in [9.17, 15) is 17.6 Å². The zero-order valence-corrected chi connectivity index (χ0v) is 16.7. The summed E-state index contributed by atoms with van der Waals surface area (Å²) in [5, 5.41) is 2.70. The number of aryl methyl sites for hydroxylation is 1. The van der Waals surface area contributed by atoms with Crippen LogP contribution >= 0.6 is 0 Å². The molecule has 0 saturated carbocycles. The van der Waals surface area contributed by atoms with Gasteiger partial charge in [0, 0.05) is 18.7 Å². The molecule has 0 fully saturated rings. The van der Waals surface area contributed by atoms with Crippen LogP contribution in [-0.4, -0.2) is 14.3 Å². The predicted octanol–water partition coefficient (Wildman–Crippen LogP) is 3.54. The van der Waals surface area contributed by atoms with E-state index in [0.29, 0.717) is 11.1 Å². The molecule has 3 rings (SSSR count). The van der Waals surface area contributed by atoms with Gasteiger partial charge >= 0.3 is 0 Å². The molecule has 0 aliphatic heterocycles. The lowest BCUT2D eigenvalue weighted by Crippen LogP contribution is -2.26. The number of nitrogens with one attached hydrogen (secondary N) is 2. The number of benzene rings is 3. The molecule has 0 aliphatic carbocycles. The first-order valence-corrected chi connectivity index (χ1v) is 10.5. The zero-order valence-electron chi connectivity index (χ0n) is 15.9. The molecule has 3 aromatic carbocycles. The molecule has 0 atom stereocenters. The van der Waals surface area contributed by atoms with Crippen molar-refractivity contribution in [3.8, 4) is 0 Å². The van der Waals surface area contributed by atoms with Gasteiger partial charge in [0.1, 0.15) is 5.82 Å². The fourth-order valence-corrected chi connectivity index (χ4v) is 3.84. The first kappa shape index (κ1) is 20.7. The molecule has 29 heavy (non-hydrogen) atoms. The van der Waals surface area contributed by atoms with Crippen LogP contribution in [0, 0.1) is 12.7 Å². The van der Waals surface area contributed by atoms with E-state index in [-0.39, 0.29) is 29.4 Å². The number of halogens is 1. The largest absolute Gasteiger partial charge is 0.348 e. The summed E-state index contributed by atoms with van der Waals surface area (Å²) < 4.78 is 41.1. The summed E-state index contributed by atoms with van der Waals surface area (Å²) in [5.41, 5.74) is 2.34. The SMILES string of the molecule is Cc1ccc(S(=O)(=O)NCc2ccccc2)cc1C(=O)NCc1cccc(F)c1.